The lowest BCUT2D eigenvalue weighted by molar-refractivity contribution is 0.0515. The molecule has 0 amide bonds. The second-order valence-corrected chi connectivity index (χ2v) is 7.09. The summed E-state index contributed by atoms with van der Waals surface area (Å²) in [6.45, 7) is 8.77. The number of hydrogen-bond acceptors (Lipinski definition) is 4. The molecule has 1 aliphatic rings. The first-order chi connectivity index (χ1) is 9.70. The summed E-state index contributed by atoms with van der Waals surface area (Å²) >= 11 is 0. The van der Waals surface area contributed by atoms with Gasteiger partial charge < -0.3 is 19.5 Å². The number of methoxy groups -OCH3 is 1. The first kappa shape index (κ1) is 16.3. The van der Waals surface area contributed by atoms with Crippen molar-refractivity contribution in [3.63, 3.8) is 0 Å². The molecule has 0 heterocycles. The number of benzene rings is 1. The summed E-state index contributed by atoms with van der Waals surface area (Å²) in [5.41, 5.74) is 2.56. The van der Waals surface area contributed by atoms with Crippen molar-refractivity contribution in [1.29, 1.82) is 0 Å². The summed E-state index contributed by atoms with van der Waals surface area (Å²) in [6, 6.07) is 3.86. The Labute approximate surface area is 127 Å². The molecular weight excluding hydrogens is 267 g/mol. The molecule has 0 bridgehead atoms. The molecule has 1 aromatic carbocycles. The minimum atomic E-state index is -1.56. The van der Waals surface area contributed by atoms with E-state index >= 15 is 0 Å². The van der Waals surface area contributed by atoms with Crippen molar-refractivity contribution >= 4 is 12.6 Å². The number of fused-ring (bicyclic) bond motifs is 1. The van der Waals surface area contributed by atoms with Crippen LogP contribution in [0.25, 0.3) is 0 Å². The number of ether oxygens (including phenoxy) is 2. The molecule has 0 fully saturated rings. The first-order valence-electron chi connectivity index (χ1n) is 7.36. The van der Waals surface area contributed by atoms with Crippen molar-refractivity contribution in [2.24, 2.45) is 0 Å². The molecule has 0 saturated heterocycles. The van der Waals surface area contributed by atoms with Gasteiger partial charge in [0.25, 0.3) is 0 Å². The van der Waals surface area contributed by atoms with Gasteiger partial charge in [0, 0.05) is 12.6 Å². The van der Waals surface area contributed by atoms with Crippen LogP contribution < -0.4 is 10.2 Å². The van der Waals surface area contributed by atoms with Crippen molar-refractivity contribution in [1.82, 2.24) is 0 Å². The maximum Gasteiger partial charge on any atom is 0.492 e. The number of hydrogen-bond donors (Lipinski definition) is 2. The van der Waals surface area contributed by atoms with E-state index in [1.54, 1.807) is 7.11 Å². The first-order valence-corrected chi connectivity index (χ1v) is 7.36. The molecule has 0 saturated carbocycles. The highest BCUT2D eigenvalue weighted by molar-refractivity contribution is 6.60. The zero-order chi connectivity index (χ0) is 15.8. The highest BCUT2D eigenvalue weighted by Crippen LogP contribution is 2.45. The minimum absolute atomic E-state index is 0.0221. The second kappa shape index (κ2) is 5.63. The lowest BCUT2D eigenvalue weighted by Crippen LogP contribution is -2.45. The molecule has 116 valence electrons. The van der Waals surface area contributed by atoms with Gasteiger partial charge in [0.2, 0.25) is 0 Å². The van der Waals surface area contributed by atoms with Crippen LogP contribution in [-0.2, 0) is 15.6 Å². The van der Waals surface area contributed by atoms with E-state index in [1.807, 2.05) is 12.1 Å². The fourth-order valence-electron chi connectivity index (χ4n) is 3.28. The molecule has 2 rings (SSSR count). The standard InChI is InChI=1S/C16H25BO4/c1-15(2)8-9-16(3,4)13-11(15)6-7-12(21-10-20-5)14(13)17(18)19/h6-7,18-19H,8-10H2,1-5H3. The van der Waals surface area contributed by atoms with Gasteiger partial charge in [-0.15, -0.1) is 0 Å². The third-order valence-electron chi connectivity index (χ3n) is 4.58. The van der Waals surface area contributed by atoms with Crippen LogP contribution in [0.4, 0.5) is 0 Å². The molecule has 1 aromatic rings. The Morgan fingerprint density at radius 3 is 2.29 bits per heavy atom. The Bertz CT molecular complexity index is 523. The highest BCUT2D eigenvalue weighted by Gasteiger charge is 2.41. The fourth-order valence-corrected chi connectivity index (χ4v) is 3.28. The Morgan fingerprint density at radius 2 is 1.71 bits per heavy atom. The van der Waals surface area contributed by atoms with Crippen LogP contribution in [0.2, 0.25) is 0 Å². The molecule has 0 unspecified atom stereocenters. The van der Waals surface area contributed by atoms with Crippen molar-refractivity contribution in [3.8, 4) is 5.75 Å². The van der Waals surface area contributed by atoms with E-state index in [1.165, 1.54) is 5.56 Å². The number of rotatable bonds is 4. The van der Waals surface area contributed by atoms with Gasteiger partial charge in [-0.05, 0) is 40.9 Å². The molecule has 21 heavy (non-hydrogen) atoms. The highest BCUT2D eigenvalue weighted by atomic mass is 16.7. The van der Waals surface area contributed by atoms with Gasteiger partial charge in [-0.3, -0.25) is 0 Å². The zero-order valence-electron chi connectivity index (χ0n) is 13.6. The fraction of sp³-hybridized carbons (Fsp3) is 0.625. The third kappa shape index (κ3) is 2.96. The SMILES string of the molecule is COCOc1ccc2c(c1B(O)O)C(C)(C)CCC2(C)C. The van der Waals surface area contributed by atoms with Crippen LogP contribution >= 0.6 is 0 Å². The van der Waals surface area contributed by atoms with Gasteiger partial charge in [0.1, 0.15) is 5.75 Å². The molecule has 0 spiro atoms. The lowest BCUT2D eigenvalue weighted by Gasteiger charge is -2.43. The summed E-state index contributed by atoms with van der Waals surface area (Å²) in [5, 5.41) is 19.8. The van der Waals surface area contributed by atoms with E-state index < -0.39 is 7.12 Å². The van der Waals surface area contributed by atoms with E-state index in [9.17, 15) is 10.0 Å². The van der Waals surface area contributed by atoms with Gasteiger partial charge in [-0.1, -0.05) is 33.8 Å². The van der Waals surface area contributed by atoms with Crippen molar-refractivity contribution < 1.29 is 19.5 Å². The summed E-state index contributed by atoms with van der Waals surface area (Å²) < 4.78 is 10.5. The normalized spacial score (nSPS) is 19.0. The maximum absolute atomic E-state index is 9.90. The monoisotopic (exact) mass is 292 g/mol. The van der Waals surface area contributed by atoms with Crippen molar-refractivity contribution in [3.05, 3.63) is 23.3 Å². The lowest BCUT2D eigenvalue weighted by atomic mass is 9.58. The third-order valence-corrected chi connectivity index (χ3v) is 4.58. The molecule has 0 atom stereocenters. The average Bonchev–Trinajstić information content (AvgIpc) is 2.40. The van der Waals surface area contributed by atoms with Gasteiger partial charge >= 0.3 is 7.12 Å². The smallest absolute Gasteiger partial charge is 0.468 e. The van der Waals surface area contributed by atoms with Crippen LogP contribution in [0.5, 0.6) is 5.75 Å². The minimum Gasteiger partial charge on any atom is -0.468 e. The van der Waals surface area contributed by atoms with Crippen molar-refractivity contribution in [2.45, 2.75) is 51.4 Å². The van der Waals surface area contributed by atoms with Crippen LogP contribution in [0.1, 0.15) is 51.7 Å². The Morgan fingerprint density at radius 1 is 1.10 bits per heavy atom. The molecule has 0 aliphatic heterocycles. The van der Waals surface area contributed by atoms with Crippen LogP contribution in [0.3, 0.4) is 0 Å². The topological polar surface area (TPSA) is 58.9 Å². The molecule has 4 nitrogen and oxygen atoms in total. The predicted octanol–water partition coefficient (Wildman–Crippen LogP) is 1.70. The summed E-state index contributed by atoms with van der Waals surface area (Å²) in [5.74, 6) is 0.483. The van der Waals surface area contributed by atoms with Crippen LogP contribution in [0.15, 0.2) is 12.1 Å². The molecular formula is C16H25BO4. The zero-order valence-corrected chi connectivity index (χ0v) is 13.6. The van der Waals surface area contributed by atoms with Gasteiger partial charge in [-0.25, -0.2) is 0 Å². The quantitative estimate of drug-likeness (QED) is 0.655. The molecule has 2 N–H and O–H groups in total. The Balaban J connectivity index is 2.67. The summed E-state index contributed by atoms with van der Waals surface area (Å²) in [6.07, 6.45) is 2.08. The molecule has 5 heteroatoms. The van der Waals surface area contributed by atoms with Gasteiger partial charge in [-0.2, -0.15) is 0 Å². The molecule has 0 aromatic heterocycles. The van der Waals surface area contributed by atoms with Crippen LogP contribution in [-0.4, -0.2) is 31.1 Å². The van der Waals surface area contributed by atoms with E-state index in [4.69, 9.17) is 9.47 Å². The average molecular weight is 292 g/mol. The Hall–Kier alpha value is -1.04. The second-order valence-electron chi connectivity index (χ2n) is 7.09. The maximum atomic E-state index is 9.90. The predicted molar refractivity (Wildman–Crippen MR) is 84.1 cm³/mol. The van der Waals surface area contributed by atoms with Crippen LogP contribution in [0, 0.1) is 0 Å². The molecule has 1 aliphatic carbocycles. The largest absolute Gasteiger partial charge is 0.492 e. The molecule has 0 radical (unpaired) electrons. The summed E-state index contributed by atoms with van der Waals surface area (Å²) in [7, 11) is -0.0134. The van der Waals surface area contributed by atoms with E-state index in [0.717, 1.165) is 18.4 Å². The van der Waals surface area contributed by atoms with Crippen molar-refractivity contribution in [2.75, 3.05) is 13.9 Å². The van der Waals surface area contributed by atoms with E-state index in [2.05, 4.69) is 27.7 Å². The van der Waals surface area contributed by atoms with Gasteiger partial charge in [0.05, 0.1) is 0 Å². The Kier molecular flexibility index (Phi) is 4.38. The van der Waals surface area contributed by atoms with E-state index in [-0.39, 0.29) is 17.6 Å². The van der Waals surface area contributed by atoms with E-state index in [0.29, 0.717) is 11.2 Å². The van der Waals surface area contributed by atoms with Gasteiger partial charge in [0.15, 0.2) is 6.79 Å². The summed E-state index contributed by atoms with van der Waals surface area (Å²) in [4.78, 5) is 0.